The summed E-state index contributed by atoms with van der Waals surface area (Å²) in [6.07, 6.45) is 0. The zero-order valence-electron chi connectivity index (χ0n) is 15.3. The van der Waals surface area contributed by atoms with Crippen molar-refractivity contribution < 1.29 is 9.52 Å². The molecule has 1 aromatic carbocycles. The fraction of sp³-hybridized carbons (Fsp3) is 0.250. The first-order chi connectivity index (χ1) is 12.3. The molecule has 1 N–H and O–H groups in total. The average Bonchev–Trinajstić information content (AvgIpc) is 2.87. The second-order valence-electron chi connectivity index (χ2n) is 6.39. The van der Waals surface area contributed by atoms with E-state index in [4.69, 9.17) is 4.42 Å². The summed E-state index contributed by atoms with van der Waals surface area (Å²) < 4.78 is 6.85. The van der Waals surface area contributed by atoms with Gasteiger partial charge in [-0.05, 0) is 33.3 Å². The molecule has 134 valence electrons. The molecule has 0 saturated heterocycles. The van der Waals surface area contributed by atoms with Gasteiger partial charge in [-0.2, -0.15) is 5.10 Å². The van der Waals surface area contributed by atoms with Crippen LogP contribution in [0.1, 0.15) is 35.1 Å². The number of hydrogen-bond acceptors (Lipinski definition) is 5. The summed E-state index contributed by atoms with van der Waals surface area (Å²) in [4.78, 5) is 16.6. The van der Waals surface area contributed by atoms with Gasteiger partial charge < -0.3 is 9.52 Å². The molecule has 0 spiro atoms. The third-order valence-corrected chi connectivity index (χ3v) is 4.03. The maximum absolute atomic E-state index is 12.1. The van der Waals surface area contributed by atoms with Crippen LogP contribution in [0.2, 0.25) is 0 Å². The molecule has 0 radical (unpaired) electrons. The second kappa shape index (κ2) is 7.00. The Bertz CT molecular complexity index is 1030. The van der Waals surface area contributed by atoms with E-state index in [9.17, 15) is 9.90 Å². The number of hydrogen-bond donors (Lipinski definition) is 1. The van der Waals surface area contributed by atoms with E-state index in [-0.39, 0.29) is 11.3 Å². The fourth-order valence-corrected chi connectivity index (χ4v) is 2.76. The number of nitrogens with zero attached hydrogens (tertiary/aromatic N) is 3. The Morgan fingerprint density at radius 1 is 1.19 bits per heavy atom. The predicted octanol–water partition coefficient (Wildman–Crippen LogP) is 3.66. The molecule has 0 unspecified atom stereocenters. The molecule has 3 aromatic rings. The van der Waals surface area contributed by atoms with Crippen molar-refractivity contribution in [2.45, 2.75) is 34.2 Å². The second-order valence-corrected chi connectivity index (χ2v) is 6.39. The molecule has 2 heterocycles. The van der Waals surface area contributed by atoms with Crippen molar-refractivity contribution in [3.05, 3.63) is 75.0 Å². The molecule has 2 aromatic heterocycles. The first-order valence-electron chi connectivity index (χ1n) is 8.33. The summed E-state index contributed by atoms with van der Waals surface area (Å²) in [5, 5.41) is 14.6. The highest BCUT2D eigenvalue weighted by molar-refractivity contribution is 6.01. The lowest BCUT2D eigenvalue weighted by Gasteiger charge is -2.07. The summed E-state index contributed by atoms with van der Waals surface area (Å²) in [5.41, 5.74) is 2.96. The monoisotopic (exact) mass is 351 g/mol. The van der Waals surface area contributed by atoms with E-state index in [0.29, 0.717) is 23.8 Å². The molecule has 3 rings (SSSR count). The van der Waals surface area contributed by atoms with Gasteiger partial charge in [0.05, 0.1) is 18.0 Å². The van der Waals surface area contributed by atoms with Gasteiger partial charge in [-0.3, -0.25) is 0 Å². The average molecular weight is 351 g/mol. The van der Waals surface area contributed by atoms with Crippen LogP contribution >= 0.6 is 0 Å². The smallest absolute Gasteiger partial charge is 0.348 e. The van der Waals surface area contributed by atoms with Crippen LogP contribution in [0.5, 0.6) is 5.75 Å². The van der Waals surface area contributed by atoms with Gasteiger partial charge in [-0.25, -0.2) is 14.5 Å². The molecule has 0 fully saturated rings. The minimum Gasteiger partial charge on any atom is -0.507 e. The number of aromatic hydroxyl groups is 1. The maximum Gasteiger partial charge on any atom is 0.348 e. The first kappa shape index (κ1) is 17.7. The number of aliphatic imine (C=N–C) groups is 1. The molecule has 6 heteroatoms. The van der Waals surface area contributed by atoms with Gasteiger partial charge in [0.15, 0.2) is 5.82 Å². The third-order valence-electron chi connectivity index (χ3n) is 4.03. The molecule has 0 amide bonds. The van der Waals surface area contributed by atoms with E-state index in [2.05, 4.69) is 22.2 Å². The van der Waals surface area contributed by atoms with Crippen LogP contribution < -0.4 is 5.63 Å². The minimum absolute atomic E-state index is 0.0661. The van der Waals surface area contributed by atoms with Gasteiger partial charge in [-0.15, -0.1) is 0 Å². The van der Waals surface area contributed by atoms with Crippen molar-refractivity contribution in [2.75, 3.05) is 0 Å². The van der Waals surface area contributed by atoms with Gasteiger partial charge in [-0.1, -0.05) is 29.8 Å². The normalized spacial score (nSPS) is 11.8. The summed E-state index contributed by atoms with van der Waals surface area (Å²) in [7, 11) is 0. The first-order valence-corrected chi connectivity index (χ1v) is 8.33. The Hall–Kier alpha value is -3.15. The van der Waals surface area contributed by atoms with Crippen LogP contribution in [0, 0.1) is 20.8 Å². The Kier molecular flexibility index (Phi) is 4.75. The molecule has 0 saturated carbocycles. The van der Waals surface area contributed by atoms with E-state index in [0.717, 1.165) is 11.3 Å². The van der Waals surface area contributed by atoms with Gasteiger partial charge in [0.25, 0.3) is 0 Å². The SMILES string of the molecule is C/C(=N\c1cc(C)nn1Cc1ccc(C)cc1)c1c(O)cc(C)oc1=O. The Balaban J connectivity index is 1.98. The standard InChI is InChI=1S/C20H21N3O3/c1-12-5-7-16(8-6-12)11-23-18(9-13(2)22-23)21-15(4)19-17(24)10-14(3)26-20(19)25/h5-10,24H,11H2,1-4H3/b21-15+. The summed E-state index contributed by atoms with van der Waals surface area (Å²) in [6, 6.07) is 11.4. The molecule has 26 heavy (non-hydrogen) atoms. The van der Waals surface area contributed by atoms with Gasteiger partial charge in [0, 0.05) is 12.1 Å². The van der Waals surface area contributed by atoms with Crippen LogP contribution in [-0.4, -0.2) is 20.6 Å². The Morgan fingerprint density at radius 3 is 2.54 bits per heavy atom. The third kappa shape index (κ3) is 3.74. The quantitative estimate of drug-likeness (QED) is 0.728. The Morgan fingerprint density at radius 2 is 1.88 bits per heavy atom. The van der Waals surface area contributed by atoms with Crippen LogP contribution in [0.15, 0.2) is 50.6 Å². The highest BCUT2D eigenvalue weighted by Gasteiger charge is 2.14. The number of aromatic nitrogens is 2. The van der Waals surface area contributed by atoms with Crippen molar-refractivity contribution in [3.63, 3.8) is 0 Å². The largest absolute Gasteiger partial charge is 0.507 e. The van der Waals surface area contributed by atoms with Crippen LogP contribution in [0.25, 0.3) is 0 Å². The van der Waals surface area contributed by atoms with Gasteiger partial charge in [0.1, 0.15) is 17.1 Å². The van der Waals surface area contributed by atoms with Crippen molar-refractivity contribution in [1.29, 1.82) is 0 Å². The van der Waals surface area contributed by atoms with Crippen LogP contribution in [0.3, 0.4) is 0 Å². The molecule has 0 aliphatic rings. The molecule has 0 aliphatic heterocycles. The van der Waals surface area contributed by atoms with Gasteiger partial charge in [0.2, 0.25) is 0 Å². The zero-order chi connectivity index (χ0) is 18.8. The number of benzene rings is 1. The number of rotatable bonds is 4. The zero-order valence-corrected chi connectivity index (χ0v) is 15.3. The highest BCUT2D eigenvalue weighted by Crippen LogP contribution is 2.21. The molecule has 0 aliphatic carbocycles. The molecule has 0 atom stereocenters. The van der Waals surface area contributed by atoms with Crippen LogP contribution in [-0.2, 0) is 6.54 Å². The molecule has 0 bridgehead atoms. The summed E-state index contributed by atoms with van der Waals surface area (Å²) in [5.74, 6) is 0.825. The lowest BCUT2D eigenvalue weighted by atomic mass is 10.1. The fourth-order valence-electron chi connectivity index (χ4n) is 2.76. The van der Waals surface area contributed by atoms with E-state index < -0.39 is 5.63 Å². The van der Waals surface area contributed by atoms with E-state index in [1.54, 1.807) is 18.5 Å². The van der Waals surface area contributed by atoms with E-state index in [1.165, 1.54) is 11.6 Å². The van der Waals surface area contributed by atoms with Crippen molar-refractivity contribution in [2.24, 2.45) is 4.99 Å². The lowest BCUT2D eigenvalue weighted by Crippen LogP contribution is -2.13. The van der Waals surface area contributed by atoms with Crippen molar-refractivity contribution in [1.82, 2.24) is 9.78 Å². The summed E-state index contributed by atoms with van der Waals surface area (Å²) >= 11 is 0. The molecular formula is C20H21N3O3. The molecule has 6 nitrogen and oxygen atoms in total. The summed E-state index contributed by atoms with van der Waals surface area (Å²) in [6.45, 7) is 7.77. The molecular weight excluding hydrogens is 330 g/mol. The topological polar surface area (TPSA) is 80.6 Å². The van der Waals surface area contributed by atoms with Crippen molar-refractivity contribution in [3.8, 4) is 5.75 Å². The minimum atomic E-state index is -0.606. The predicted molar refractivity (Wildman–Crippen MR) is 100 cm³/mol. The van der Waals surface area contributed by atoms with Crippen molar-refractivity contribution >= 4 is 11.5 Å². The van der Waals surface area contributed by atoms with Gasteiger partial charge >= 0.3 is 5.63 Å². The van der Waals surface area contributed by atoms with E-state index in [1.807, 2.05) is 32.0 Å². The maximum atomic E-state index is 12.1. The Labute approximate surface area is 151 Å². The van der Waals surface area contributed by atoms with Crippen LogP contribution in [0.4, 0.5) is 5.82 Å². The number of aryl methyl sites for hydroxylation is 3. The van der Waals surface area contributed by atoms with E-state index >= 15 is 0 Å². The lowest BCUT2D eigenvalue weighted by molar-refractivity contribution is 0.432. The highest BCUT2D eigenvalue weighted by atomic mass is 16.4.